The van der Waals surface area contributed by atoms with Crippen LogP contribution < -0.4 is 10.2 Å². The third kappa shape index (κ3) is 4.45. The zero-order chi connectivity index (χ0) is 15.8. The first-order valence-corrected chi connectivity index (χ1v) is 8.14. The largest absolute Gasteiger partial charge is 0.359 e. The van der Waals surface area contributed by atoms with Gasteiger partial charge in [-0.05, 0) is 12.8 Å². The van der Waals surface area contributed by atoms with Crippen molar-refractivity contribution in [2.24, 2.45) is 0 Å². The Labute approximate surface area is 133 Å². The van der Waals surface area contributed by atoms with Gasteiger partial charge in [0, 0.05) is 31.8 Å². The summed E-state index contributed by atoms with van der Waals surface area (Å²) in [6.07, 6.45) is 3.40. The number of hydrogen-bond acceptors (Lipinski definition) is 4. The molecule has 0 saturated heterocycles. The molecular formula is C18H26N4. The molecule has 0 unspecified atom stereocenters. The number of anilines is 2. The average molecular weight is 298 g/mol. The predicted molar refractivity (Wildman–Crippen MR) is 94.4 cm³/mol. The number of rotatable bonds is 8. The van der Waals surface area contributed by atoms with Crippen LogP contribution in [0.2, 0.25) is 0 Å². The molecule has 0 radical (unpaired) electrons. The maximum Gasteiger partial charge on any atom is 0.225 e. The highest BCUT2D eigenvalue weighted by Crippen LogP contribution is 2.23. The van der Waals surface area contributed by atoms with Gasteiger partial charge >= 0.3 is 0 Å². The van der Waals surface area contributed by atoms with Gasteiger partial charge in [0.15, 0.2) is 0 Å². The molecule has 0 aliphatic carbocycles. The van der Waals surface area contributed by atoms with Crippen molar-refractivity contribution in [2.75, 3.05) is 30.4 Å². The molecule has 0 saturated carbocycles. The molecule has 0 spiro atoms. The Morgan fingerprint density at radius 1 is 1.05 bits per heavy atom. The molecule has 118 valence electrons. The smallest absolute Gasteiger partial charge is 0.225 e. The minimum Gasteiger partial charge on any atom is -0.359 e. The standard InChI is InChI=1S/C18H26N4/c1-4-6-13-22(3)17-14-16(15-10-8-7-9-11-15)20-18(21-17)19-12-5-2/h7-11,14H,4-6,12-13H2,1-3H3,(H,19,20,21). The summed E-state index contributed by atoms with van der Waals surface area (Å²) in [7, 11) is 2.09. The Balaban J connectivity index is 2.32. The van der Waals surface area contributed by atoms with Crippen molar-refractivity contribution in [2.45, 2.75) is 33.1 Å². The average Bonchev–Trinajstić information content (AvgIpc) is 2.58. The molecule has 4 heteroatoms. The molecule has 1 N–H and O–H groups in total. The van der Waals surface area contributed by atoms with E-state index >= 15 is 0 Å². The SMILES string of the molecule is CCCCN(C)c1cc(-c2ccccc2)nc(NCCC)n1. The Morgan fingerprint density at radius 2 is 1.82 bits per heavy atom. The molecule has 0 bridgehead atoms. The first kappa shape index (κ1) is 16.3. The van der Waals surface area contributed by atoms with Crippen molar-refractivity contribution >= 4 is 11.8 Å². The highest BCUT2D eigenvalue weighted by molar-refractivity contribution is 5.64. The van der Waals surface area contributed by atoms with Gasteiger partial charge in [-0.1, -0.05) is 50.6 Å². The molecule has 1 aromatic heterocycles. The third-order valence-corrected chi connectivity index (χ3v) is 3.55. The molecule has 0 aliphatic heterocycles. The van der Waals surface area contributed by atoms with Crippen LogP contribution in [0.1, 0.15) is 33.1 Å². The number of unbranched alkanes of at least 4 members (excludes halogenated alkanes) is 1. The molecule has 4 nitrogen and oxygen atoms in total. The molecule has 2 rings (SSSR count). The van der Waals surface area contributed by atoms with Crippen molar-refractivity contribution in [1.29, 1.82) is 0 Å². The van der Waals surface area contributed by atoms with Crippen LogP contribution in [0.4, 0.5) is 11.8 Å². The number of nitrogens with zero attached hydrogens (tertiary/aromatic N) is 3. The van der Waals surface area contributed by atoms with Crippen molar-refractivity contribution in [3.05, 3.63) is 36.4 Å². The van der Waals surface area contributed by atoms with Gasteiger partial charge in [-0.2, -0.15) is 4.98 Å². The van der Waals surface area contributed by atoms with E-state index in [9.17, 15) is 0 Å². The molecule has 22 heavy (non-hydrogen) atoms. The van der Waals surface area contributed by atoms with Gasteiger partial charge in [0.05, 0.1) is 5.69 Å². The molecule has 1 heterocycles. The van der Waals surface area contributed by atoms with Gasteiger partial charge in [0.25, 0.3) is 0 Å². The summed E-state index contributed by atoms with van der Waals surface area (Å²) < 4.78 is 0. The second-order valence-corrected chi connectivity index (χ2v) is 5.50. The maximum absolute atomic E-state index is 4.65. The fraction of sp³-hybridized carbons (Fsp3) is 0.444. The highest BCUT2D eigenvalue weighted by Gasteiger charge is 2.09. The molecule has 1 aromatic carbocycles. The minimum absolute atomic E-state index is 0.710. The van der Waals surface area contributed by atoms with Crippen LogP contribution in [0.3, 0.4) is 0 Å². The van der Waals surface area contributed by atoms with E-state index in [-0.39, 0.29) is 0 Å². The lowest BCUT2D eigenvalue weighted by atomic mass is 10.1. The number of benzene rings is 1. The Hall–Kier alpha value is -2.10. The maximum atomic E-state index is 4.65. The molecule has 0 fully saturated rings. The summed E-state index contributed by atoms with van der Waals surface area (Å²) in [6, 6.07) is 12.3. The third-order valence-electron chi connectivity index (χ3n) is 3.55. The van der Waals surface area contributed by atoms with E-state index in [1.165, 1.54) is 12.8 Å². The van der Waals surface area contributed by atoms with Crippen LogP contribution in [-0.4, -0.2) is 30.1 Å². The van der Waals surface area contributed by atoms with Crippen molar-refractivity contribution in [1.82, 2.24) is 9.97 Å². The van der Waals surface area contributed by atoms with Gasteiger partial charge in [-0.25, -0.2) is 4.98 Å². The van der Waals surface area contributed by atoms with Crippen LogP contribution in [0, 0.1) is 0 Å². The monoisotopic (exact) mass is 298 g/mol. The topological polar surface area (TPSA) is 41.1 Å². The summed E-state index contributed by atoms with van der Waals surface area (Å²) in [4.78, 5) is 11.5. The van der Waals surface area contributed by atoms with Gasteiger partial charge < -0.3 is 10.2 Å². The van der Waals surface area contributed by atoms with Crippen LogP contribution in [0.5, 0.6) is 0 Å². The van der Waals surface area contributed by atoms with Gasteiger partial charge in [0.1, 0.15) is 5.82 Å². The van der Waals surface area contributed by atoms with E-state index in [1.807, 2.05) is 18.2 Å². The lowest BCUT2D eigenvalue weighted by molar-refractivity contribution is 0.758. The predicted octanol–water partition coefficient (Wildman–Crippen LogP) is 4.20. The van der Waals surface area contributed by atoms with E-state index in [0.717, 1.165) is 36.6 Å². The van der Waals surface area contributed by atoms with Crippen LogP contribution in [-0.2, 0) is 0 Å². The normalized spacial score (nSPS) is 10.5. The Kier molecular flexibility index (Phi) is 6.19. The summed E-state index contributed by atoms with van der Waals surface area (Å²) in [5.41, 5.74) is 2.09. The fourth-order valence-electron chi connectivity index (χ4n) is 2.21. The lowest BCUT2D eigenvalue weighted by Crippen LogP contribution is -2.20. The van der Waals surface area contributed by atoms with Crippen molar-refractivity contribution in [3.63, 3.8) is 0 Å². The van der Waals surface area contributed by atoms with E-state index < -0.39 is 0 Å². The number of hydrogen-bond donors (Lipinski definition) is 1. The second kappa shape index (κ2) is 8.37. The van der Waals surface area contributed by atoms with Gasteiger partial charge in [-0.3, -0.25) is 0 Å². The zero-order valence-corrected chi connectivity index (χ0v) is 13.8. The first-order chi connectivity index (χ1) is 10.7. The zero-order valence-electron chi connectivity index (χ0n) is 13.8. The van der Waals surface area contributed by atoms with E-state index in [0.29, 0.717) is 5.95 Å². The highest BCUT2D eigenvalue weighted by atomic mass is 15.2. The van der Waals surface area contributed by atoms with Crippen LogP contribution in [0.25, 0.3) is 11.3 Å². The minimum atomic E-state index is 0.710. The number of aromatic nitrogens is 2. The van der Waals surface area contributed by atoms with Crippen LogP contribution >= 0.6 is 0 Å². The second-order valence-electron chi connectivity index (χ2n) is 5.50. The quantitative estimate of drug-likeness (QED) is 0.793. The fourth-order valence-corrected chi connectivity index (χ4v) is 2.21. The molecule has 2 aromatic rings. The van der Waals surface area contributed by atoms with Crippen molar-refractivity contribution < 1.29 is 0 Å². The van der Waals surface area contributed by atoms with Crippen molar-refractivity contribution in [3.8, 4) is 11.3 Å². The van der Waals surface area contributed by atoms with E-state index in [1.54, 1.807) is 0 Å². The Bertz CT molecular complexity index is 569. The number of nitrogens with one attached hydrogen (secondary N) is 1. The lowest BCUT2D eigenvalue weighted by Gasteiger charge is -2.19. The van der Waals surface area contributed by atoms with Gasteiger partial charge in [0.2, 0.25) is 5.95 Å². The van der Waals surface area contributed by atoms with E-state index in [2.05, 4.69) is 59.3 Å². The molecular weight excluding hydrogens is 272 g/mol. The summed E-state index contributed by atoms with van der Waals surface area (Å²) in [5, 5.41) is 3.31. The first-order valence-electron chi connectivity index (χ1n) is 8.14. The molecule has 0 atom stereocenters. The van der Waals surface area contributed by atoms with Crippen LogP contribution in [0.15, 0.2) is 36.4 Å². The summed E-state index contributed by atoms with van der Waals surface area (Å²) >= 11 is 0. The molecule has 0 aliphatic rings. The Morgan fingerprint density at radius 3 is 2.50 bits per heavy atom. The summed E-state index contributed by atoms with van der Waals surface area (Å²) in [5.74, 6) is 1.68. The van der Waals surface area contributed by atoms with Gasteiger partial charge in [-0.15, -0.1) is 0 Å². The van der Waals surface area contributed by atoms with E-state index in [4.69, 9.17) is 0 Å². The summed E-state index contributed by atoms with van der Waals surface area (Å²) in [6.45, 7) is 6.24. The molecule has 0 amide bonds.